The molecule has 2 rings (SSSR count). The van der Waals surface area contributed by atoms with E-state index in [4.69, 9.17) is 0 Å². The minimum Gasteiger partial charge on any atom is -0.425 e. The molecule has 109 valence electrons. The molecule has 1 aliphatic heterocycles. The summed E-state index contributed by atoms with van der Waals surface area (Å²) in [5, 5.41) is 5.79. The molecule has 9 heteroatoms. The summed E-state index contributed by atoms with van der Waals surface area (Å²) in [5.41, 5.74) is 0.00558. The summed E-state index contributed by atoms with van der Waals surface area (Å²) in [4.78, 5) is 10.9. The Labute approximate surface area is 109 Å². The Morgan fingerprint density at radius 3 is 2.40 bits per heavy atom. The molecule has 20 heavy (non-hydrogen) atoms. The fourth-order valence-electron chi connectivity index (χ4n) is 1.65. The molecule has 1 saturated heterocycles. The van der Waals surface area contributed by atoms with Gasteiger partial charge in [-0.3, -0.25) is 0 Å². The van der Waals surface area contributed by atoms with Crippen LogP contribution in [0, 0.1) is 0 Å². The second-order valence-corrected chi connectivity index (χ2v) is 4.00. The Hall–Kier alpha value is -2.06. The number of alkyl halides is 5. The van der Waals surface area contributed by atoms with Crippen LogP contribution >= 0.6 is 0 Å². The monoisotopic (exact) mass is 295 g/mol. The van der Waals surface area contributed by atoms with Gasteiger partial charge >= 0.3 is 18.3 Å². The maximum absolute atomic E-state index is 12.9. The zero-order valence-corrected chi connectivity index (χ0v) is 9.75. The van der Waals surface area contributed by atoms with Crippen molar-refractivity contribution < 1.29 is 31.5 Å². The first kappa shape index (κ1) is 14.4. The van der Waals surface area contributed by atoms with Crippen molar-refractivity contribution in [3.8, 4) is 5.75 Å². The molecule has 1 aromatic rings. The van der Waals surface area contributed by atoms with Gasteiger partial charge in [0.2, 0.25) is 0 Å². The molecular formula is C11H8F5N2O2. The lowest BCUT2D eigenvalue weighted by atomic mass is 10.1. The highest BCUT2D eigenvalue weighted by Crippen LogP contribution is 2.39. The van der Waals surface area contributed by atoms with Crippen LogP contribution in [0.5, 0.6) is 5.75 Å². The van der Waals surface area contributed by atoms with Crippen molar-refractivity contribution in [2.24, 2.45) is 0 Å². The van der Waals surface area contributed by atoms with Crippen LogP contribution in [0.25, 0.3) is 0 Å². The first-order chi connectivity index (χ1) is 9.21. The van der Waals surface area contributed by atoms with E-state index in [9.17, 15) is 26.7 Å². The molecule has 1 aromatic carbocycles. The number of benzene rings is 1. The summed E-state index contributed by atoms with van der Waals surface area (Å²) in [7, 11) is 0. The highest BCUT2D eigenvalue weighted by molar-refractivity contribution is 5.76. The van der Waals surface area contributed by atoms with E-state index in [-0.39, 0.29) is 12.1 Å². The number of hydrogen-bond donors (Lipinski definition) is 1. The summed E-state index contributed by atoms with van der Waals surface area (Å²) < 4.78 is 66.0. The van der Waals surface area contributed by atoms with Crippen molar-refractivity contribution in [2.75, 3.05) is 6.54 Å². The van der Waals surface area contributed by atoms with Gasteiger partial charge in [0.25, 0.3) is 0 Å². The maximum atomic E-state index is 12.9. The van der Waals surface area contributed by atoms with E-state index in [1.165, 1.54) is 18.2 Å². The Kier molecular flexibility index (Phi) is 3.45. The third kappa shape index (κ3) is 2.75. The fourth-order valence-corrected chi connectivity index (χ4v) is 1.65. The standard InChI is InChI=1S/C11H8F5N2O2/c12-10(13,14)11(15,16)20-8-4-2-1-3-6(8)7-5-17-9(19)18-7/h1-4,7H,5H2,(H,18,19). The predicted octanol–water partition coefficient (Wildman–Crippen LogP) is 2.59. The van der Waals surface area contributed by atoms with E-state index < -0.39 is 30.1 Å². The van der Waals surface area contributed by atoms with Crippen LogP contribution in [0.15, 0.2) is 24.3 Å². The molecular weight excluding hydrogens is 287 g/mol. The first-order valence-electron chi connectivity index (χ1n) is 5.41. The summed E-state index contributed by atoms with van der Waals surface area (Å²) in [5.74, 6) is -0.655. The maximum Gasteiger partial charge on any atom is 0.499 e. The molecule has 2 amide bonds. The second kappa shape index (κ2) is 4.80. The molecule has 1 heterocycles. The molecule has 1 atom stereocenters. The van der Waals surface area contributed by atoms with Gasteiger partial charge in [-0.15, -0.1) is 0 Å². The largest absolute Gasteiger partial charge is 0.499 e. The Morgan fingerprint density at radius 1 is 1.20 bits per heavy atom. The van der Waals surface area contributed by atoms with E-state index in [0.29, 0.717) is 0 Å². The van der Waals surface area contributed by atoms with Crippen molar-refractivity contribution in [3.63, 3.8) is 0 Å². The minimum absolute atomic E-state index is 0.00558. The Morgan fingerprint density at radius 2 is 1.85 bits per heavy atom. The summed E-state index contributed by atoms with van der Waals surface area (Å²) in [6.07, 6.45) is -11.1. The average Bonchev–Trinajstić information content (AvgIpc) is 2.74. The number of nitrogens with zero attached hydrogens (tertiary/aromatic N) is 1. The molecule has 0 saturated carbocycles. The number of amides is 2. The quantitative estimate of drug-likeness (QED) is 0.871. The minimum atomic E-state index is -5.83. The normalized spacial score (nSPS) is 19.4. The molecule has 1 fully saturated rings. The lowest BCUT2D eigenvalue weighted by molar-refractivity contribution is -0.360. The van der Waals surface area contributed by atoms with E-state index in [1.807, 2.05) is 0 Å². The van der Waals surface area contributed by atoms with Crippen molar-refractivity contribution in [1.29, 1.82) is 0 Å². The van der Waals surface area contributed by atoms with Crippen LogP contribution in [-0.2, 0) is 0 Å². The number of halogens is 5. The zero-order chi connectivity index (χ0) is 15.0. The highest BCUT2D eigenvalue weighted by atomic mass is 19.4. The van der Waals surface area contributed by atoms with Gasteiger partial charge in [-0.2, -0.15) is 22.0 Å². The molecule has 1 unspecified atom stereocenters. The molecule has 0 aromatic heterocycles. The van der Waals surface area contributed by atoms with Gasteiger partial charge in [-0.05, 0) is 6.07 Å². The number of para-hydroxylation sites is 1. The van der Waals surface area contributed by atoms with Gasteiger partial charge < -0.3 is 10.1 Å². The zero-order valence-electron chi connectivity index (χ0n) is 9.75. The average molecular weight is 295 g/mol. The number of ether oxygens (including phenoxy) is 1. The number of hydrogen-bond acceptors (Lipinski definition) is 2. The number of urea groups is 1. The van der Waals surface area contributed by atoms with E-state index in [2.05, 4.69) is 15.4 Å². The van der Waals surface area contributed by atoms with Crippen molar-refractivity contribution in [2.45, 2.75) is 18.3 Å². The van der Waals surface area contributed by atoms with Gasteiger partial charge in [-0.25, -0.2) is 10.1 Å². The molecule has 1 radical (unpaired) electrons. The lowest BCUT2D eigenvalue weighted by Crippen LogP contribution is -2.42. The van der Waals surface area contributed by atoms with Gasteiger partial charge in [0.05, 0.1) is 12.6 Å². The number of nitrogens with one attached hydrogen (secondary N) is 1. The fraction of sp³-hybridized carbons (Fsp3) is 0.364. The van der Waals surface area contributed by atoms with Crippen LogP contribution in [-0.4, -0.2) is 24.9 Å². The molecule has 0 bridgehead atoms. The molecule has 1 aliphatic rings. The van der Waals surface area contributed by atoms with Crippen LogP contribution in [0.4, 0.5) is 26.7 Å². The van der Waals surface area contributed by atoms with E-state index in [1.54, 1.807) is 0 Å². The van der Waals surface area contributed by atoms with Gasteiger partial charge in [0, 0.05) is 5.56 Å². The molecule has 0 spiro atoms. The third-order valence-electron chi connectivity index (χ3n) is 2.58. The van der Waals surface area contributed by atoms with Gasteiger partial charge in [0.1, 0.15) is 5.75 Å². The van der Waals surface area contributed by atoms with Crippen LogP contribution < -0.4 is 15.4 Å². The predicted molar refractivity (Wildman–Crippen MR) is 56.3 cm³/mol. The lowest BCUT2D eigenvalue weighted by Gasteiger charge is -2.22. The SMILES string of the molecule is O=C1[N]CC(c2ccccc2OC(F)(F)C(F)(F)F)N1. The number of rotatable bonds is 3. The number of carbonyl (C=O) groups excluding carboxylic acids is 1. The van der Waals surface area contributed by atoms with Crippen molar-refractivity contribution in [1.82, 2.24) is 10.6 Å². The van der Waals surface area contributed by atoms with E-state index >= 15 is 0 Å². The van der Waals surface area contributed by atoms with Crippen molar-refractivity contribution >= 4 is 6.03 Å². The summed E-state index contributed by atoms with van der Waals surface area (Å²) >= 11 is 0. The summed E-state index contributed by atoms with van der Waals surface area (Å²) in [6, 6.07) is 3.49. The second-order valence-electron chi connectivity index (χ2n) is 4.00. The summed E-state index contributed by atoms with van der Waals surface area (Å²) in [6.45, 7) is -0.0587. The highest BCUT2D eigenvalue weighted by Gasteiger charge is 2.61. The topological polar surface area (TPSA) is 52.4 Å². The van der Waals surface area contributed by atoms with Gasteiger partial charge in [0.15, 0.2) is 0 Å². The molecule has 4 nitrogen and oxygen atoms in total. The van der Waals surface area contributed by atoms with Crippen LogP contribution in [0.2, 0.25) is 0 Å². The van der Waals surface area contributed by atoms with Crippen LogP contribution in [0.3, 0.4) is 0 Å². The Balaban J connectivity index is 2.27. The first-order valence-corrected chi connectivity index (χ1v) is 5.41. The smallest absolute Gasteiger partial charge is 0.425 e. The molecule has 0 aliphatic carbocycles. The van der Waals surface area contributed by atoms with Gasteiger partial charge in [-0.1, -0.05) is 18.2 Å². The number of carbonyl (C=O) groups is 1. The van der Waals surface area contributed by atoms with E-state index in [0.717, 1.165) is 6.07 Å². The molecule has 1 N–H and O–H groups in total. The van der Waals surface area contributed by atoms with Crippen LogP contribution in [0.1, 0.15) is 11.6 Å². The third-order valence-corrected chi connectivity index (χ3v) is 2.58. The van der Waals surface area contributed by atoms with Crippen molar-refractivity contribution in [3.05, 3.63) is 29.8 Å². The Bertz CT molecular complexity index is 518.